The number of unbranched alkanes of at least 4 members (excludes halogenated alkanes) is 4. The Balaban J connectivity index is 1.33. The lowest BCUT2D eigenvalue weighted by atomic mass is 9.86. The molecule has 0 bridgehead atoms. The molecule has 8 nitrogen and oxygen atoms in total. The van der Waals surface area contributed by atoms with Gasteiger partial charge in [0.25, 0.3) is 5.91 Å². The van der Waals surface area contributed by atoms with Crippen molar-refractivity contribution in [3.05, 3.63) is 89.5 Å². The molecule has 1 heterocycles. The molecule has 0 radical (unpaired) electrons. The van der Waals surface area contributed by atoms with Crippen molar-refractivity contribution in [2.45, 2.75) is 77.7 Å². The van der Waals surface area contributed by atoms with E-state index in [1.165, 1.54) is 25.7 Å². The van der Waals surface area contributed by atoms with Crippen LogP contribution < -0.4 is 10.1 Å². The number of nitrogens with one attached hydrogen (secondary N) is 1. The van der Waals surface area contributed by atoms with Gasteiger partial charge < -0.3 is 19.6 Å². The predicted octanol–water partition coefficient (Wildman–Crippen LogP) is 7.48. The SMILES string of the molecule is CCCCCCCOc1ccc(-c2nnc(-c3ccc(C[C@H](NC(=O)c4ccc(C(C)(C)C)cc4)C(=O)O)cc3)o2)cc1. The topological polar surface area (TPSA) is 115 Å². The van der Waals surface area contributed by atoms with Crippen LogP contribution in [0, 0.1) is 0 Å². The number of amides is 1. The van der Waals surface area contributed by atoms with E-state index in [1.807, 2.05) is 36.4 Å². The molecule has 43 heavy (non-hydrogen) atoms. The fourth-order valence-corrected chi connectivity index (χ4v) is 4.63. The van der Waals surface area contributed by atoms with E-state index in [0.29, 0.717) is 29.5 Å². The van der Waals surface area contributed by atoms with Crippen molar-refractivity contribution < 1.29 is 23.8 Å². The summed E-state index contributed by atoms with van der Waals surface area (Å²) in [6.45, 7) is 9.19. The molecular weight excluding hydrogens is 542 g/mol. The number of carboxylic acid groups (broad SMARTS) is 1. The zero-order valence-electron chi connectivity index (χ0n) is 25.4. The third kappa shape index (κ3) is 9.01. The summed E-state index contributed by atoms with van der Waals surface area (Å²) in [6, 6.07) is 21.0. The van der Waals surface area contributed by atoms with Crippen LogP contribution in [0.5, 0.6) is 5.75 Å². The van der Waals surface area contributed by atoms with Gasteiger partial charge in [-0.15, -0.1) is 10.2 Å². The molecule has 0 aliphatic heterocycles. The predicted molar refractivity (Wildman–Crippen MR) is 167 cm³/mol. The van der Waals surface area contributed by atoms with Crippen molar-refractivity contribution in [2.75, 3.05) is 6.61 Å². The van der Waals surface area contributed by atoms with E-state index in [-0.39, 0.29) is 11.8 Å². The number of aromatic nitrogens is 2. The Hall–Kier alpha value is -4.46. The Labute approximate surface area is 253 Å². The molecule has 0 fully saturated rings. The van der Waals surface area contributed by atoms with Crippen LogP contribution in [-0.2, 0) is 16.6 Å². The first kappa shape index (κ1) is 31.5. The highest BCUT2D eigenvalue weighted by molar-refractivity contribution is 5.96. The van der Waals surface area contributed by atoms with Gasteiger partial charge >= 0.3 is 5.97 Å². The monoisotopic (exact) mass is 583 g/mol. The first-order valence-electron chi connectivity index (χ1n) is 14.9. The second kappa shape index (κ2) is 14.6. The van der Waals surface area contributed by atoms with Gasteiger partial charge in [0.15, 0.2) is 0 Å². The van der Waals surface area contributed by atoms with Crippen molar-refractivity contribution in [3.8, 4) is 28.7 Å². The van der Waals surface area contributed by atoms with E-state index in [0.717, 1.165) is 28.9 Å². The third-order valence-corrected chi connectivity index (χ3v) is 7.30. The van der Waals surface area contributed by atoms with Crippen molar-refractivity contribution in [2.24, 2.45) is 0 Å². The van der Waals surface area contributed by atoms with Crippen molar-refractivity contribution in [3.63, 3.8) is 0 Å². The zero-order chi connectivity index (χ0) is 30.8. The van der Waals surface area contributed by atoms with E-state index in [4.69, 9.17) is 9.15 Å². The van der Waals surface area contributed by atoms with Gasteiger partial charge in [0.1, 0.15) is 11.8 Å². The van der Waals surface area contributed by atoms with Crippen molar-refractivity contribution in [1.82, 2.24) is 15.5 Å². The summed E-state index contributed by atoms with van der Waals surface area (Å²) in [5.41, 5.74) is 3.72. The summed E-state index contributed by atoms with van der Waals surface area (Å²) >= 11 is 0. The van der Waals surface area contributed by atoms with Crippen LogP contribution in [0.15, 0.2) is 77.2 Å². The van der Waals surface area contributed by atoms with Crippen LogP contribution in [0.4, 0.5) is 0 Å². The van der Waals surface area contributed by atoms with E-state index in [2.05, 4.69) is 43.2 Å². The first-order chi connectivity index (χ1) is 20.6. The molecule has 3 aromatic carbocycles. The summed E-state index contributed by atoms with van der Waals surface area (Å²) in [6.07, 6.45) is 6.10. The zero-order valence-corrected chi connectivity index (χ0v) is 25.4. The maximum absolute atomic E-state index is 12.8. The smallest absolute Gasteiger partial charge is 0.326 e. The van der Waals surface area contributed by atoms with Crippen LogP contribution in [0.25, 0.3) is 22.9 Å². The summed E-state index contributed by atoms with van der Waals surface area (Å²) in [7, 11) is 0. The molecule has 8 heteroatoms. The van der Waals surface area contributed by atoms with E-state index < -0.39 is 17.9 Å². The van der Waals surface area contributed by atoms with Crippen LogP contribution >= 0.6 is 0 Å². The molecule has 4 aromatic rings. The molecule has 0 saturated carbocycles. The molecule has 226 valence electrons. The maximum atomic E-state index is 12.8. The molecular formula is C35H41N3O5. The summed E-state index contributed by atoms with van der Waals surface area (Å²) < 4.78 is 11.7. The molecule has 0 unspecified atom stereocenters. The van der Waals surface area contributed by atoms with E-state index >= 15 is 0 Å². The fraction of sp³-hybridized carbons (Fsp3) is 0.371. The Morgan fingerprint density at radius 2 is 1.42 bits per heavy atom. The van der Waals surface area contributed by atoms with E-state index in [9.17, 15) is 14.7 Å². The number of rotatable bonds is 14. The normalized spacial score (nSPS) is 12.1. The second-order valence-corrected chi connectivity index (χ2v) is 11.8. The highest BCUT2D eigenvalue weighted by Gasteiger charge is 2.22. The van der Waals surface area contributed by atoms with Gasteiger partial charge in [-0.2, -0.15) is 0 Å². The lowest BCUT2D eigenvalue weighted by Crippen LogP contribution is -2.42. The average molecular weight is 584 g/mol. The van der Waals surface area contributed by atoms with Crippen LogP contribution in [-0.4, -0.2) is 39.8 Å². The van der Waals surface area contributed by atoms with Crippen LogP contribution in [0.1, 0.15) is 81.3 Å². The molecule has 2 N–H and O–H groups in total. The second-order valence-electron chi connectivity index (χ2n) is 11.8. The molecule has 1 atom stereocenters. The molecule has 4 rings (SSSR count). The molecule has 1 amide bonds. The lowest BCUT2D eigenvalue weighted by molar-refractivity contribution is -0.139. The van der Waals surface area contributed by atoms with Crippen molar-refractivity contribution >= 4 is 11.9 Å². The first-order valence-corrected chi connectivity index (χ1v) is 14.9. The van der Waals surface area contributed by atoms with Gasteiger partial charge in [0.2, 0.25) is 11.8 Å². The number of ether oxygens (including phenoxy) is 1. The molecule has 1 aromatic heterocycles. The average Bonchev–Trinajstić information content (AvgIpc) is 3.49. The van der Waals surface area contributed by atoms with E-state index in [1.54, 1.807) is 36.4 Å². The Morgan fingerprint density at radius 3 is 1.98 bits per heavy atom. The maximum Gasteiger partial charge on any atom is 0.326 e. The van der Waals surface area contributed by atoms with Crippen LogP contribution in [0.2, 0.25) is 0 Å². The van der Waals surface area contributed by atoms with Gasteiger partial charge in [0, 0.05) is 23.1 Å². The number of hydrogen-bond acceptors (Lipinski definition) is 6. The Kier molecular flexibility index (Phi) is 10.7. The number of nitrogens with zero attached hydrogens (tertiary/aromatic N) is 2. The highest BCUT2D eigenvalue weighted by atomic mass is 16.5. The minimum Gasteiger partial charge on any atom is -0.494 e. The lowest BCUT2D eigenvalue weighted by Gasteiger charge is -2.19. The third-order valence-electron chi connectivity index (χ3n) is 7.30. The number of aliphatic carboxylic acids is 1. The number of carbonyl (C=O) groups is 2. The van der Waals surface area contributed by atoms with Crippen molar-refractivity contribution in [1.29, 1.82) is 0 Å². The molecule has 0 aliphatic carbocycles. The van der Waals surface area contributed by atoms with Gasteiger partial charge in [-0.05, 0) is 71.5 Å². The largest absolute Gasteiger partial charge is 0.494 e. The summed E-state index contributed by atoms with van der Waals surface area (Å²) in [5.74, 6) is 0.0348. The Bertz CT molecular complexity index is 1470. The van der Waals surface area contributed by atoms with Gasteiger partial charge in [-0.3, -0.25) is 4.79 Å². The molecule has 0 spiro atoms. The molecule has 0 saturated heterocycles. The minimum absolute atomic E-state index is 0.0404. The van der Waals surface area contributed by atoms with Crippen LogP contribution in [0.3, 0.4) is 0 Å². The fourth-order valence-electron chi connectivity index (χ4n) is 4.63. The van der Waals surface area contributed by atoms with Gasteiger partial charge in [-0.1, -0.05) is 77.6 Å². The molecule has 0 aliphatic rings. The summed E-state index contributed by atoms with van der Waals surface area (Å²) in [5, 5.41) is 20.8. The quantitative estimate of drug-likeness (QED) is 0.148. The van der Waals surface area contributed by atoms with Gasteiger partial charge in [-0.25, -0.2) is 4.79 Å². The minimum atomic E-state index is -1.10. The standard InChI is InChI=1S/C35H41N3O5/c1-5-6-7-8-9-22-42-29-20-16-27(17-21-29)33-38-37-32(43-33)26-12-10-24(11-13-26)23-30(34(40)41)36-31(39)25-14-18-28(19-15-25)35(2,3)4/h10-21,30H,5-9,22-23H2,1-4H3,(H,36,39)(H,40,41)/t30-/m0/s1. The Morgan fingerprint density at radius 1 is 0.837 bits per heavy atom. The summed E-state index contributed by atoms with van der Waals surface area (Å²) in [4.78, 5) is 24.7. The number of carbonyl (C=O) groups excluding carboxylic acids is 1. The number of benzene rings is 3. The number of hydrogen-bond donors (Lipinski definition) is 2. The highest BCUT2D eigenvalue weighted by Crippen LogP contribution is 2.26. The number of carboxylic acids is 1. The van der Waals surface area contributed by atoms with Gasteiger partial charge in [0.05, 0.1) is 6.61 Å².